The second-order valence-electron chi connectivity index (χ2n) is 7.81. The molecule has 0 unspecified atom stereocenters. The van der Waals surface area contributed by atoms with E-state index in [4.69, 9.17) is 4.74 Å². The molecule has 3 rings (SSSR count). The van der Waals surface area contributed by atoms with Crippen LogP contribution in [0.15, 0.2) is 24.3 Å². The standard InChI is InChI=1S/C20H26N2O3/c1-13(18(23)22-9-5-6-10-22)25-19(24)17-11-14-7-8-15(20(2,3)4)12-16(14)21-17/h7-8,11-13,21H,5-6,9-10H2,1-4H3/t13-/m0/s1. The van der Waals surface area contributed by atoms with Gasteiger partial charge < -0.3 is 14.6 Å². The highest BCUT2D eigenvalue weighted by Gasteiger charge is 2.26. The van der Waals surface area contributed by atoms with Gasteiger partial charge in [-0.1, -0.05) is 32.9 Å². The molecule has 1 aliphatic heterocycles. The highest BCUT2D eigenvalue weighted by atomic mass is 16.5. The number of nitrogens with one attached hydrogen (secondary N) is 1. The van der Waals surface area contributed by atoms with Crippen LogP contribution in [0.5, 0.6) is 0 Å². The van der Waals surface area contributed by atoms with E-state index < -0.39 is 12.1 Å². The fourth-order valence-electron chi connectivity index (χ4n) is 3.17. The van der Waals surface area contributed by atoms with Gasteiger partial charge in [-0.15, -0.1) is 0 Å². The summed E-state index contributed by atoms with van der Waals surface area (Å²) in [7, 11) is 0. The maximum absolute atomic E-state index is 12.4. The number of aromatic amines is 1. The zero-order valence-corrected chi connectivity index (χ0v) is 15.4. The predicted octanol–water partition coefficient (Wildman–Crippen LogP) is 3.63. The van der Waals surface area contributed by atoms with Crippen LogP contribution >= 0.6 is 0 Å². The summed E-state index contributed by atoms with van der Waals surface area (Å²) in [6, 6.07) is 7.91. The highest BCUT2D eigenvalue weighted by molar-refractivity contribution is 5.96. The third-order valence-electron chi connectivity index (χ3n) is 4.76. The van der Waals surface area contributed by atoms with Gasteiger partial charge in [0.1, 0.15) is 5.69 Å². The van der Waals surface area contributed by atoms with E-state index in [1.54, 1.807) is 17.9 Å². The molecule has 0 spiro atoms. The van der Waals surface area contributed by atoms with Crippen molar-refractivity contribution < 1.29 is 14.3 Å². The largest absolute Gasteiger partial charge is 0.448 e. The minimum Gasteiger partial charge on any atom is -0.448 e. The molecule has 0 bridgehead atoms. The monoisotopic (exact) mass is 342 g/mol. The molecule has 2 heterocycles. The second-order valence-corrected chi connectivity index (χ2v) is 7.81. The van der Waals surface area contributed by atoms with Gasteiger partial charge in [0, 0.05) is 24.0 Å². The zero-order chi connectivity index (χ0) is 18.2. The van der Waals surface area contributed by atoms with Crippen LogP contribution in [0.3, 0.4) is 0 Å². The molecule has 2 aromatic rings. The van der Waals surface area contributed by atoms with Crippen molar-refractivity contribution in [2.24, 2.45) is 0 Å². The minimum absolute atomic E-state index is 0.0383. The van der Waals surface area contributed by atoms with Crippen LogP contribution < -0.4 is 0 Å². The molecule has 1 fully saturated rings. The van der Waals surface area contributed by atoms with E-state index in [1.165, 1.54) is 5.56 Å². The van der Waals surface area contributed by atoms with Gasteiger partial charge in [-0.05, 0) is 42.9 Å². The Labute approximate surface area is 148 Å². The quantitative estimate of drug-likeness (QED) is 0.866. The molecule has 0 aliphatic carbocycles. The lowest BCUT2D eigenvalue weighted by Gasteiger charge is -2.20. The van der Waals surface area contributed by atoms with Crippen molar-refractivity contribution in [3.63, 3.8) is 0 Å². The molecule has 1 amide bonds. The molecule has 1 N–H and O–H groups in total. The zero-order valence-electron chi connectivity index (χ0n) is 15.4. The molecule has 25 heavy (non-hydrogen) atoms. The molecule has 1 atom stereocenters. The van der Waals surface area contributed by atoms with Gasteiger partial charge in [-0.25, -0.2) is 4.79 Å². The van der Waals surface area contributed by atoms with Gasteiger partial charge in [0.05, 0.1) is 0 Å². The number of amides is 1. The fraction of sp³-hybridized carbons (Fsp3) is 0.500. The van der Waals surface area contributed by atoms with Gasteiger partial charge in [-0.3, -0.25) is 4.79 Å². The minimum atomic E-state index is -0.762. The van der Waals surface area contributed by atoms with E-state index in [-0.39, 0.29) is 11.3 Å². The van der Waals surface area contributed by atoms with Crippen LogP contribution in [-0.4, -0.2) is 41.0 Å². The van der Waals surface area contributed by atoms with Crippen LogP contribution in [0.4, 0.5) is 0 Å². The van der Waals surface area contributed by atoms with Crippen LogP contribution in [0, 0.1) is 0 Å². The first-order valence-electron chi connectivity index (χ1n) is 8.89. The van der Waals surface area contributed by atoms with Crippen LogP contribution in [0.25, 0.3) is 10.9 Å². The van der Waals surface area contributed by atoms with E-state index in [9.17, 15) is 9.59 Å². The third-order valence-corrected chi connectivity index (χ3v) is 4.76. The number of hydrogen-bond donors (Lipinski definition) is 1. The Morgan fingerprint density at radius 2 is 1.84 bits per heavy atom. The van der Waals surface area contributed by atoms with Crippen molar-refractivity contribution >= 4 is 22.8 Å². The summed E-state index contributed by atoms with van der Waals surface area (Å²) in [5.74, 6) is -0.606. The van der Waals surface area contributed by atoms with Gasteiger partial charge >= 0.3 is 5.97 Å². The number of ether oxygens (including phenoxy) is 1. The molecule has 134 valence electrons. The Bertz CT molecular complexity index is 795. The topological polar surface area (TPSA) is 62.4 Å². The van der Waals surface area contributed by atoms with Crippen molar-refractivity contribution in [2.75, 3.05) is 13.1 Å². The van der Waals surface area contributed by atoms with Crippen molar-refractivity contribution in [3.8, 4) is 0 Å². The first-order valence-corrected chi connectivity index (χ1v) is 8.89. The van der Waals surface area contributed by atoms with Crippen molar-refractivity contribution in [1.82, 2.24) is 9.88 Å². The first kappa shape index (κ1) is 17.5. The number of carbonyl (C=O) groups is 2. The lowest BCUT2D eigenvalue weighted by molar-refractivity contribution is -0.138. The van der Waals surface area contributed by atoms with Gasteiger partial charge in [0.15, 0.2) is 6.10 Å². The summed E-state index contributed by atoms with van der Waals surface area (Å²) in [5.41, 5.74) is 2.51. The summed E-state index contributed by atoms with van der Waals surface area (Å²) < 4.78 is 5.38. The van der Waals surface area contributed by atoms with Gasteiger partial charge in [0.25, 0.3) is 5.91 Å². The third kappa shape index (κ3) is 3.70. The number of rotatable bonds is 3. The number of fused-ring (bicyclic) bond motifs is 1. The molecule has 0 radical (unpaired) electrons. The summed E-state index contributed by atoms with van der Waals surface area (Å²) in [6.07, 6.45) is 1.27. The smallest absolute Gasteiger partial charge is 0.355 e. The van der Waals surface area contributed by atoms with Crippen molar-refractivity contribution in [2.45, 2.75) is 52.1 Å². The Hall–Kier alpha value is -2.30. The molecule has 1 aromatic carbocycles. The van der Waals surface area contributed by atoms with E-state index in [2.05, 4.69) is 37.9 Å². The Morgan fingerprint density at radius 3 is 2.48 bits per heavy atom. The number of esters is 1. The second kappa shape index (κ2) is 6.54. The molecular formula is C20H26N2O3. The van der Waals surface area contributed by atoms with E-state index >= 15 is 0 Å². The van der Waals surface area contributed by atoms with E-state index in [0.29, 0.717) is 5.69 Å². The Kier molecular flexibility index (Phi) is 4.58. The maximum Gasteiger partial charge on any atom is 0.355 e. The number of likely N-dealkylation sites (tertiary alicyclic amines) is 1. The Morgan fingerprint density at radius 1 is 1.16 bits per heavy atom. The summed E-state index contributed by atoms with van der Waals surface area (Å²) in [4.78, 5) is 29.6. The highest BCUT2D eigenvalue weighted by Crippen LogP contribution is 2.26. The van der Waals surface area contributed by atoms with Crippen LogP contribution in [0.2, 0.25) is 0 Å². The molecule has 1 saturated heterocycles. The van der Waals surface area contributed by atoms with Gasteiger partial charge in [-0.2, -0.15) is 0 Å². The maximum atomic E-state index is 12.4. The molecule has 1 aromatic heterocycles. The molecule has 0 saturated carbocycles. The first-order chi connectivity index (χ1) is 11.8. The summed E-state index contributed by atoms with van der Waals surface area (Å²) in [6.45, 7) is 9.60. The average Bonchev–Trinajstić information content (AvgIpc) is 3.21. The molecule has 5 heteroatoms. The van der Waals surface area contributed by atoms with Crippen LogP contribution in [0.1, 0.15) is 56.6 Å². The van der Waals surface area contributed by atoms with Crippen LogP contribution in [-0.2, 0) is 14.9 Å². The normalized spacial score (nSPS) is 16.2. The predicted molar refractivity (Wildman–Crippen MR) is 97.7 cm³/mol. The lowest BCUT2D eigenvalue weighted by atomic mass is 9.87. The summed E-state index contributed by atoms with van der Waals surface area (Å²) in [5, 5.41) is 0.957. The number of H-pyrrole nitrogens is 1. The SMILES string of the molecule is C[C@H](OC(=O)c1cc2ccc(C(C)(C)C)cc2[nH]1)C(=O)N1CCCC1. The molecule has 5 nitrogen and oxygen atoms in total. The number of carbonyl (C=O) groups excluding carboxylic acids is 2. The van der Waals surface area contributed by atoms with Crippen molar-refractivity contribution in [1.29, 1.82) is 0 Å². The number of nitrogens with zero attached hydrogens (tertiary/aromatic N) is 1. The molecular weight excluding hydrogens is 316 g/mol. The molecule has 1 aliphatic rings. The lowest BCUT2D eigenvalue weighted by Crippen LogP contribution is -2.38. The number of aromatic nitrogens is 1. The fourth-order valence-corrected chi connectivity index (χ4v) is 3.17. The average molecular weight is 342 g/mol. The number of benzene rings is 1. The van der Waals surface area contributed by atoms with E-state index in [1.807, 2.05) is 6.07 Å². The van der Waals surface area contributed by atoms with Gasteiger partial charge in [0.2, 0.25) is 0 Å². The Balaban J connectivity index is 1.74. The number of hydrogen-bond acceptors (Lipinski definition) is 3. The van der Waals surface area contributed by atoms with Crippen molar-refractivity contribution in [3.05, 3.63) is 35.5 Å². The summed E-state index contributed by atoms with van der Waals surface area (Å²) >= 11 is 0. The van der Waals surface area contributed by atoms with E-state index in [0.717, 1.165) is 36.8 Å².